The summed E-state index contributed by atoms with van der Waals surface area (Å²) < 4.78 is -0.400. The van der Waals surface area contributed by atoms with E-state index in [1.165, 1.54) is 18.2 Å². The lowest BCUT2D eigenvalue weighted by molar-refractivity contribution is -0.106. The predicted octanol–water partition coefficient (Wildman–Crippen LogP) is 6.87. The first-order chi connectivity index (χ1) is 12.9. The number of rotatable bonds is 2. The molecule has 0 atom stereocenters. The highest BCUT2D eigenvalue weighted by Gasteiger charge is 2.48. The van der Waals surface area contributed by atoms with Gasteiger partial charge in [-0.3, -0.25) is 4.79 Å². The molecule has 27 heavy (non-hydrogen) atoms. The third kappa shape index (κ3) is 3.21. The van der Waals surface area contributed by atoms with Gasteiger partial charge in [-0.15, -0.1) is 0 Å². The Hall–Kier alpha value is -1.71. The van der Waals surface area contributed by atoms with E-state index in [4.69, 9.17) is 11.6 Å². The second-order valence-electron chi connectivity index (χ2n) is 7.66. The van der Waals surface area contributed by atoms with Gasteiger partial charge in [0.1, 0.15) is 5.76 Å². The first-order valence-electron chi connectivity index (χ1n) is 9.46. The standard InChI is InChI=1S/C23H23ClO2S/c1-14-12-15(2)19(13-18(14)16-6-8-17(24)9-7-16)20-21(25)23(27-22(20)26)10-4-3-5-11-23/h6-9,12-13,25H,3-5,10-11H2,1-2H3. The van der Waals surface area contributed by atoms with Crippen LogP contribution in [0.5, 0.6) is 0 Å². The van der Waals surface area contributed by atoms with Gasteiger partial charge in [0.25, 0.3) is 0 Å². The highest BCUT2D eigenvalue weighted by atomic mass is 35.5. The number of aliphatic hydroxyl groups is 1. The van der Waals surface area contributed by atoms with E-state index in [0.717, 1.165) is 53.5 Å². The minimum Gasteiger partial charge on any atom is -0.510 e. The van der Waals surface area contributed by atoms with E-state index in [0.29, 0.717) is 16.4 Å². The summed E-state index contributed by atoms with van der Waals surface area (Å²) in [5.41, 5.74) is 5.65. The van der Waals surface area contributed by atoms with Crippen LogP contribution in [0.4, 0.5) is 0 Å². The van der Waals surface area contributed by atoms with Gasteiger partial charge in [-0.25, -0.2) is 0 Å². The largest absolute Gasteiger partial charge is 0.510 e. The average Bonchev–Trinajstić information content (AvgIpc) is 2.87. The summed E-state index contributed by atoms with van der Waals surface area (Å²) in [6, 6.07) is 11.9. The SMILES string of the molecule is Cc1cc(C)c(-c2ccc(Cl)cc2)cc1C1=C(O)C2(CCCCC2)SC1=O. The molecule has 4 heteroatoms. The van der Waals surface area contributed by atoms with Crippen LogP contribution in [-0.2, 0) is 4.79 Å². The summed E-state index contributed by atoms with van der Waals surface area (Å²) in [5, 5.41) is 11.8. The van der Waals surface area contributed by atoms with Crippen molar-refractivity contribution in [1.29, 1.82) is 0 Å². The van der Waals surface area contributed by atoms with Gasteiger partial charge in [-0.2, -0.15) is 0 Å². The van der Waals surface area contributed by atoms with Gasteiger partial charge in [0.15, 0.2) is 0 Å². The molecule has 1 N–H and O–H groups in total. The van der Waals surface area contributed by atoms with E-state index < -0.39 is 4.75 Å². The topological polar surface area (TPSA) is 37.3 Å². The fourth-order valence-corrected chi connectivity index (χ4v) is 5.84. The van der Waals surface area contributed by atoms with Crippen molar-refractivity contribution in [2.24, 2.45) is 0 Å². The first kappa shape index (κ1) is 18.6. The lowest BCUT2D eigenvalue weighted by Gasteiger charge is -2.31. The zero-order chi connectivity index (χ0) is 19.2. The van der Waals surface area contributed by atoms with Crippen LogP contribution in [0.1, 0.15) is 48.8 Å². The Balaban J connectivity index is 1.85. The third-order valence-corrected chi connectivity index (χ3v) is 7.45. The number of hydrogen-bond donors (Lipinski definition) is 1. The summed E-state index contributed by atoms with van der Waals surface area (Å²) in [6.07, 6.45) is 5.09. The Labute approximate surface area is 169 Å². The highest BCUT2D eigenvalue weighted by Crippen LogP contribution is 2.54. The van der Waals surface area contributed by atoms with E-state index in [2.05, 4.69) is 19.1 Å². The second kappa shape index (κ2) is 7.03. The summed E-state index contributed by atoms with van der Waals surface area (Å²) in [7, 11) is 0. The van der Waals surface area contributed by atoms with Crippen molar-refractivity contribution in [2.75, 3.05) is 0 Å². The van der Waals surface area contributed by atoms with Crippen LogP contribution in [0, 0.1) is 13.8 Å². The van der Waals surface area contributed by atoms with Crippen molar-refractivity contribution in [3.8, 4) is 11.1 Å². The van der Waals surface area contributed by atoms with Gasteiger partial charge < -0.3 is 5.11 Å². The quantitative estimate of drug-likeness (QED) is 0.599. The maximum Gasteiger partial charge on any atom is 0.224 e. The Morgan fingerprint density at radius 3 is 2.26 bits per heavy atom. The summed E-state index contributed by atoms with van der Waals surface area (Å²) in [4.78, 5) is 12.9. The molecular formula is C23H23ClO2S. The van der Waals surface area contributed by atoms with Crippen LogP contribution >= 0.6 is 23.4 Å². The number of carbonyl (C=O) groups excluding carboxylic acids is 1. The molecule has 0 radical (unpaired) electrons. The maximum atomic E-state index is 12.9. The smallest absolute Gasteiger partial charge is 0.224 e. The van der Waals surface area contributed by atoms with Crippen LogP contribution < -0.4 is 0 Å². The monoisotopic (exact) mass is 398 g/mol. The van der Waals surface area contributed by atoms with E-state index in [1.807, 2.05) is 31.2 Å². The summed E-state index contributed by atoms with van der Waals surface area (Å²) in [5.74, 6) is 0.297. The lowest BCUT2D eigenvalue weighted by atomic mass is 9.83. The Kier molecular flexibility index (Phi) is 4.85. The number of carbonyl (C=O) groups is 1. The minimum atomic E-state index is -0.400. The molecule has 1 aliphatic carbocycles. The van der Waals surface area contributed by atoms with E-state index >= 15 is 0 Å². The average molecular weight is 399 g/mol. The zero-order valence-electron chi connectivity index (χ0n) is 15.6. The van der Waals surface area contributed by atoms with Gasteiger partial charge >= 0.3 is 0 Å². The van der Waals surface area contributed by atoms with Crippen molar-refractivity contribution in [3.05, 3.63) is 63.9 Å². The molecule has 140 valence electrons. The molecule has 1 aliphatic heterocycles. The third-order valence-electron chi connectivity index (χ3n) is 5.82. The van der Waals surface area contributed by atoms with Crippen LogP contribution in [0.25, 0.3) is 16.7 Å². The molecule has 1 spiro atoms. The molecule has 0 unspecified atom stereocenters. The normalized spacial score (nSPS) is 19.1. The molecule has 0 amide bonds. The van der Waals surface area contributed by atoms with E-state index in [9.17, 15) is 9.90 Å². The number of aryl methyl sites for hydroxylation is 2. The number of hydrogen-bond acceptors (Lipinski definition) is 3. The van der Waals surface area contributed by atoms with Crippen molar-refractivity contribution in [1.82, 2.24) is 0 Å². The van der Waals surface area contributed by atoms with Crippen molar-refractivity contribution < 1.29 is 9.90 Å². The number of thioether (sulfide) groups is 1. The molecule has 2 aromatic rings. The lowest BCUT2D eigenvalue weighted by Crippen LogP contribution is -2.28. The molecule has 1 saturated carbocycles. The predicted molar refractivity (Wildman–Crippen MR) is 114 cm³/mol. The molecule has 2 aliphatic rings. The molecule has 2 nitrogen and oxygen atoms in total. The molecule has 0 aromatic heterocycles. The van der Waals surface area contributed by atoms with E-state index in [-0.39, 0.29) is 5.12 Å². The van der Waals surface area contributed by atoms with Gasteiger partial charge in [-0.05, 0) is 72.7 Å². The van der Waals surface area contributed by atoms with E-state index in [1.54, 1.807) is 0 Å². The van der Waals surface area contributed by atoms with Gasteiger partial charge in [-0.1, -0.05) is 60.8 Å². The van der Waals surface area contributed by atoms with Crippen LogP contribution in [0.3, 0.4) is 0 Å². The second-order valence-corrected chi connectivity index (χ2v) is 9.45. The fourth-order valence-electron chi connectivity index (χ4n) is 4.36. The molecule has 0 bridgehead atoms. The molecule has 0 saturated heterocycles. The molecule has 4 rings (SSSR count). The van der Waals surface area contributed by atoms with Gasteiger partial charge in [0.2, 0.25) is 5.12 Å². The van der Waals surface area contributed by atoms with Gasteiger partial charge in [0.05, 0.1) is 10.3 Å². The number of benzene rings is 2. The number of aliphatic hydroxyl groups excluding tert-OH is 1. The first-order valence-corrected chi connectivity index (χ1v) is 10.7. The van der Waals surface area contributed by atoms with Crippen LogP contribution in [-0.4, -0.2) is 15.0 Å². The highest BCUT2D eigenvalue weighted by molar-refractivity contribution is 8.16. The summed E-state index contributed by atoms with van der Waals surface area (Å²) in [6.45, 7) is 4.08. The molecule has 2 aromatic carbocycles. The Morgan fingerprint density at radius 2 is 1.59 bits per heavy atom. The van der Waals surface area contributed by atoms with Crippen LogP contribution in [0.15, 0.2) is 42.2 Å². The van der Waals surface area contributed by atoms with Gasteiger partial charge in [0, 0.05) is 5.02 Å². The number of halogens is 1. The molecule has 1 heterocycles. The summed E-state index contributed by atoms with van der Waals surface area (Å²) >= 11 is 7.37. The Bertz CT molecular complexity index is 938. The fraction of sp³-hybridized carbons (Fsp3) is 0.348. The van der Waals surface area contributed by atoms with Crippen molar-refractivity contribution >= 4 is 34.1 Å². The van der Waals surface area contributed by atoms with Crippen LogP contribution in [0.2, 0.25) is 5.02 Å². The molecular weight excluding hydrogens is 376 g/mol. The Morgan fingerprint density at radius 1 is 0.963 bits per heavy atom. The zero-order valence-corrected chi connectivity index (χ0v) is 17.2. The van der Waals surface area contributed by atoms with Crippen molar-refractivity contribution in [2.45, 2.75) is 50.7 Å². The molecule has 1 fully saturated rings. The minimum absolute atomic E-state index is 0.00316. The maximum absolute atomic E-state index is 12.9. The van der Waals surface area contributed by atoms with Crippen molar-refractivity contribution in [3.63, 3.8) is 0 Å².